The predicted octanol–water partition coefficient (Wildman–Crippen LogP) is 8.19. The fourth-order valence-corrected chi connectivity index (χ4v) is 3.80. The van der Waals surface area contributed by atoms with Gasteiger partial charge in [0.05, 0.1) is 0 Å². The molecular weight excluding hydrogens is 338 g/mol. The van der Waals surface area contributed by atoms with Crippen LogP contribution in [0.2, 0.25) is 0 Å². The highest BCUT2D eigenvalue weighted by molar-refractivity contribution is 5.76. The zero-order valence-corrected chi connectivity index (χ0v) is 17.8. The number of rotatable bonds is 8. The SMILES string of the molecule is CCCc1ccc(N(c2ccccc2)c2ccc(C(C)(CC)CC)cc2)cc1. The summed E-state index contributed by atoms with van der Waals surface area (Å²) in [5.74, 6) is 0. The molecule has 1 nitrogen and oxygen atoms in total. The van der Waals surface area contributed by atoms with E-state index in [-0.39, 0.29) is 5.41 Å². The highest BCUT2D eigenvalue weighted by Gasteiger charge is 2.22. The summed E-state index contributed by atoms with van der Waals surface area (Å²) in [6.07, 6.45) is 4.62. The van der Waals surface area contributed by atoms with Gasteiger partial charge in [0, 0.05) is 17.1 Å². The molecule has 3 aromatic carbocycles. The first-order valence-electron chi connectivity index (χ1n) is 10.7. The standard InChI is InChI=1S/C27H33N/c1-5-11-22-14-18-25(19-15-22)28(24-12-9-8-10-13-24)26-20-16-23(17-21-26)27(4,6-2)7-3/h8-10,12-21H,5-7,11H2,1-4H3. The van der Waals surface area contributed by atoms with Crippen molar-refractivity contribution in [2.45, 2.75) is 58.8 Å². The number of aryl methyl sites for hydroxylation is 1. The fraction of sp³-hybridized carbons (Fsp3) is 0.333. The predicted molar refractivity (Wildman–Crippen MR) is 123 cm³/mol. The summed E-state index contributed by atoms with van der Waals surface area (Å²) in [5.41, 5.74) is 6.66. The van der Waals surface area contributed by atoms with Crippen molar-refractivity contribution in [3.05, 3.63) is 90.0 Å². The van der Waals surface area contributed by atoms with Crippen LogP contribution < -0.4 is 4.90 Å². The van der Waals surface area contributed by atoms with Gasteiger partial charge in [0.1, 0.15) is 0 Å². The van der Waals surface area contributed by atoms with Crippen LogP contribution in [0.15, 0.2) is 78.9 Å². The highest BCUT2D eigenvalue weighted by atomic mass is 15.1. The van der Waals surface area contributed by atoms with E-state index in [1.54, 1.807) is 0 Å². The molecule has 0 saturated heterocycles. The van der Waals surface area contributed by atoms with Gasteiger partial charge in [-0.3, -0.25) is 0 Å². The Labute approximate surface area is 171 Å². The molecule has 0 heterocycles. The molecule has 146 valence electrons. The van der Waals surface area contributed by atoms with Gasteiger partial charge in [-0.25, -0.2) is 0 Å². The summed E-state index contributed by atoms with van der Waals surface area (Å²) < 4.78 is 0. The van der Waals surface area contributed by atoms with Crippen LogP contribution in [0.5, 0.6) is 0 Å². The molecule has 0 radical (unpaired) electrons. The zero-order valence-electron chi connectivity index (χ0n) is 17.8. The third-order valence-corrected chi connectivity index (χ3v) is 6.13. The molecule has 1 heteroatoms. The number of hydrogen-bond donors (Lipinski definition) is 0. The summed E-state index contributed by atoms with van der Waals surface area (Å²) in [4.78, 5) is 2.34. The van der Waals surface area contributed by atoms with Crippen molar-refractivity contribution in [3.63, 3.8) is 0 Å². The molecule has 0 N–H and O–H groups in total. The maximum atomic E-state index is 2.36. The lowest BCUT2D eigenvalue weighted by atomic mass is 9.78. The lowest BCUT2D eigenvalue weighted by molar-refractivity contribution is 0.439. The maximum absolute atomic E-state index is 2.36. The second kappa shape index (κ2) is 9.10. The Morgan fingerprint density at radius 1 is 0.643 bits per heavy atom. The van der Waals surface area contributed by atoms with E-state index in [2.05, 4.69) is 111 Å². The lowest BCUT2D eigenvalue weighted by Crippen LogP contribution is -2.19. The molecule has 0 atom stereocenters. The monoisotopic (exact) mass is 371 g/mol. The van der Waals surface area contributed by atoms with E-state index in [4.69, 9.17) is 0 Å². The van der Waals surface area contributed by atoms with Crippen LogP contribution in [-0.2, 0) is 11.8 Å². The average molecular weight is 372 g/mol. The molecule has 28 heavy (non-hydrogen) atoms. The largest absolute Gasteiger partial charge is 0.311 e. The Morgan fingerprint density at radius 2 is 1.14 bits per heavy atom. The molecule has 0 aliphatic rings. The van der Waals surface area contributed by atoms with E-state index in [9.17, 15) is 0 Å². The van der Waals surface area contributed by atoms with Crippen LogP contribution in [0.1, 0.15) is 58.1 Å². The first-order chi connectivity index (χ1) is 13.6. The Hall–Kier alpha value is -2.54. The zero-order chi connectivity index (χ0) is 20.0. The maximum Gasteiger partial charge on any atom is 0.0461 e. The second-order valence-corrected chi connectivity index (χ2v) is 7.90. The molecule has 0 aliphatic carbocycles. The van der Waals surface area contributed by atoms with Crippen LogP contribution in [-0.4, -0.2) is 0 Å². The summed E-state index contributed by atoms with van der Waals surface area (Å²) in [7, 11) is 0. The van der Waals surface area contributed by atoms with Gasteiger partial charge in [-0.1, -0.05) is 76.6 Å². The van der Waals surface area contributed by atoms with E-state index in [0.717, 1.165) is 19.3 Å². The molecule has 0 aliphatic heterocycles. The summed E-state index contributed by atoms with van der Waals surface area (Å²) in [6, 6.07) is 28.8. The molecule has 0 unspecified atom stereocenters. The quantitative estimate of drug-likeness (QED) is 0.386. The summed E-state index contributed by atoms with van der Waals surface area (Å²) in [5, 5.41) is 0. The molecule has 0 amide bonds. The average Bonchev–Trinajstić information content (AvgIpc) is 2.76. The van der Waals surface area contributed by atoms with Crippen LogP contribution in [0.25, 0.3) is 0 Å². The van der Waals surface area contributed by atoms with Crippen molar-refractivity contribution in [3.8, 4) is 0 Å². The number of benzene rings is 3. The molecule has 0 fully saturated rings. The third-order valence-electron chi connectivity index (χ3n) is 6.13. The first kappa shape index (κ1) is 20.2. The lowest BCUT2D eigenvalue weighted by Gasteiger charge is -2.29. The number of anilines is 3. The smallest absolute Gasteiger partial charge is 0.0461 e. The van der Waals surface area contributed by atoms with Gasteiger partial charge >= 0.3 is 0 Å². The molecule has 3 rings (SSSR count). The minimum Gasteiger partial charge on any atom is -0.311 e. The molecule has 0 saturated carbocycles. The van der Waals surface area contributed by atoms with Gasteiger partial charge in [-0.2, -0.15) is 0 Å². The first-order valence-corrected chi connectivity index (χ1v) is 10.7. The van der Waals surface area contributed by atoms with E-state index >= 15 is 0 Å². The molecular formula is C27H33N. The van der Waals surface area contributed by atoms with Gasteiger partial charge in [-0.15, -0.1) is 0 Å². The highest BCUT2D eigenvalue weighted by Crippen LogP contribution is 2.37. The molecule has 3 aromatic rings. The minimum absolute atomic E-state index is 0.248. The van der Waals surface area contributed by atoms with Crippen molar-refractivity contribution >= 4 is 17.1 Å². The van der Waals surface area contributed by atoms with Crippen LogP contribution in [0, 0.1) is 0 Å². The van der Waals surface area contributed by atoms with Crippen molar-refractivity contribution in [2.75, 3.05) is 4.90 Å². The number of para-hydroxylation sites is 1. The van der Waals surface area contributed by atoms with Crippen molar-refractivity contribution in [2.24, 2.45) is 0 Å². The molecule has 0 bridgehead atoms. The Kier molecular flexibility index (Phi) is 6.57. The van der Waals surface area contributed by atoms with Crippen molar-refractivity contribution in [1.82, 2.24) is 0 Å². The number of hydrogen-bond acceptors (Lipinski definition) is 1. The van der Waals surface area contributed by atoms with E-state index in [1.807, 2.05) is 0 Å². The van der Waals surface area contributed by atoms with Crippen LogP contribution in [0.4, 0.5) is 17.1 Å². The van der Waals surface area contributed by atoms with Crippen molar-refractivity contribution < 1.29 is 0 Å². The van der Waals surface area contributed by atoms with E-state index in [1.165, 1.54) is 34.6 Å². The van der Waals surface area contributed by atoms with Crippen LogP contribution in [0.3, 0.4) is 0 Å². The fourth-order valence-electron chi connectivity index (χ4n) is 3.80. The summed E-state index contributed by atoms with van der Waals surface area (Å²) in [6.45, 7) is 9.16. The molecule has 0 aromatic heterocycles. The van der Waals surface area contributed by atoms with Gasteiger partial charge in [0.2, 0.25) is 0 Å². The van der Waals surface area contributed by atoms with Crippen LogP contribution >= 0.6 is 0 Å². The summed E-state index contributed by atoms with van der Waals surface area (Å²) >= 11 is 0. The second-order valence-electron chi connectivity index (χ2n) is 7.90. The molecule has 0 spiro atoms. The Bertz CT molecular complexity index is 843. The van der Waals surface area contributed by atoms with Gasteiger partial charge in [0.15, 0.2) is 0 Å². The van der Waals surface area contributed by atoms with E-state index < -0.39 is 0 Å². The third kappa shape index (κ3) is 4.30. The van der Waals surface area contributed by atoms with Gasteiger partial charge < -0.3 is 4.90 Å². The van der Waals surface area contributed by atoms with E-state index in [0.29, 0.717) is 0 Å². The minimum atomic E-state index is 0.248. The number of nitrogens with zero attached hydrogens (tertiary/aromatic N) is 1. The Morgan fingerprint density at radius 3 is 1.64 bits per heavy atom. The normalized spacial score (nSPS) is 11.4. The topological polar surface area (TPSA) is 3.24 Å². The van der Waals surface area contributed by atoms with Gasteiger partial charge in [-0.05, 0) is 72.2 Å². The Balaban J connectivity index is 2.00. The van der Waals surface area contributed by atoms with Gasteiger partial charge in [0.25, 0.3) is 0 Å². The van der Waals surface area contributed by atoms with Crippen molar-refractivity contribution in [1.29, 1.82) is 0 Å².